The Labute approximate surface area is 156 Å². The Kier molecular flexibility index (Phi) is 4.87. The lowest BCUT2D eigenvalue weighted by atomic mass is 10.1. The van der Waals surface area contributed by atoms with E-state index in [1.165, 1.54) is 0 Å². The van der Waals surface area contributed by atoms with Crippen LogP contribution in [0.2, 0.25) is 0 Å². The van der Waals surface area contributed by atoms with Crippen LogP contribution in [0.5, 0.6) is 5.75 Å². The van der Waals surface area contributed by atoms with E-state index in [-0.39, 0.29) is 5.91 Å². The molecule has 0 aliphatic rings. The maximum absolute atomic E-state index is 12.7. The molecule has 116 valence electrons. The number of amides is 1. The fourth-order valence-electron chi connectivity index (χ4n) is 2.35. The van der Waals surface area contributed by atoms with E-state index in [0.29, 0.717) is 11.3 Å². The van der Waals surface area contributed by atoms with E-state index in [9.17, 15) is 4.79 Å². The van der Waals surface area contributed by atoms with Gasteiger partial charge in [0.15, 0.2) is 0 Å². The molecule has 0 aliphatic carbocycles. The van der Waals surface area contributed by atoms with Gasteiger partial charge < -0.3 is 10.1 Å². The van der Waals surface area contributed by atoms with Crippen molar-refractivity contribution in [2.24, 2.45) is 0 Å². The minimum Gasteiger partial charge on any atom is -0.496 e. The summed E-state index contributed by atoms with van der Waals surface area (Å²) in [7, 11) is 1.57. The van der Waals surface area contributed by atoms with Crippen molar-refractivity contribution in [1.29, 1.82) is 0 Å². The summed E-state index contributed by atoms with van der Waals surface area (Å²) in [6.45, 7) is 0. The van der Waals surface area contributed by atoms with Crippen LogP contribution < -0.4 is 10.1 Å². The highest BCUT2D eigenvalue weighted by molar-refractivity contribution is 14.1. The van der Waals surface area contributed by atoms with Crippen LogP contribution in [0, 0.1) is 3.57 Å². The van der Waals surface area contributed by atoms with Crippen LogP contribution in [0.3, 0.4) is 0 Å². The molecule has 0 radical (unpaired) electrons. The molecule has 0 unspecified atom stereocenters. The SMILES string of the molecule is COc1cc2ccccc2cc1C(=O)Nc1ccc(Br)cc1I. The average Bonchev–Trinajstić information content (AvgIpc) is 2.56. The van der Waals surface area contributed by atoms with Gasteiger partial charge in [-0.2, -0.15) is 0 Å². The van der Waals surface area contributed by atoms with Gasteiger partial charge in [0.05, 0.1) is 18.4 Å². The van der Waals surface area contributed by atoms with Crippen LogP contribution in [-0.2, 0) is 0 Å². The van der Waals surface area contributed by atoms with Crippen molar-refractivity contribution < 1.29 is 9.53 Å². The van der Waals surface area contributed by atoms with E-state index in [1.54, 1.807) is 7.11 Å². The smallest absolute Gasteiger partial charge is 0.259 e. The molecule has 3 nitrogen and oxygen atoms in total. The molecule has 0 atom stereocenters. The van der Waals surface area contributed by atoms with Gasteiger partial charge in [-0.05, 0) is 63.7 Å². The van der Waals surface area contributed by atoms with Gasteiger partial charge in [-0.1, -0.05) is 40.2 Å². The summed E-state index contributed by atoms with van der Waals surface area (Å²) in [5.74, 6) is 0.376. The molecule has 0 heterocycles. The first kappa shape index (κ1) is 16.3. The number of fused-ring (bicyclic) bond motifs is 1. The van der Waals surface area contributed by atoms with E-state index >= 15 is 0 Å². The Morgan fingerprint density at radius 3 is 2.43 bits per heavy atom. The first-order valence-corrected chi connectivity index (χ1v) is 8.79. The molecule has 3 aromatic rings. The molecule has 3 rings (SSSR count). The number of carbonyl (C=O) groups is 1. The molecule has 3 aromatic carbocycles. The molecule has 0 aliphatic heterocycles. The second-order valence-corrected chi connectivity index (χ2v) is 7.06. The van der Waals surface area contributed by atoms with Gasteiger partial charge in [0.25, 0.3) is 5.91 Å². The monoisotopic (exact) mass is 481 g/mol. The number of hydrogen-bond donors (Lipinski definition) is 1. The zero-order valence-corrected chi connectivity index (χ0v) is 16.0. The van der Waals surface area contributed by atoms with Gasteiger partial charge in [0.2, 0.25) is 0 Å². The Morgan fingerprint density at radius 2 is 1.78 bits per heavy atom. The summed E-state index contributed by atoms with van der Waals surface area (Å²) in [6, 6.07) is 17.4. The van der Waals surface area contributed by atoms with E-state index in [4.69, 9.17) is 4.74 Å². The minimum absolute atomic E-state index is 0.187. The standard InChI is InChI=1S/C18H13BrINO2/c1-23-17-9-12-5-3-2-4-11(12)8-14(17)18(22)21-16-7-6-13(19)10-15(16)20/h2-10H,1H3,(H,21,22). The normalized spacial score (nSPS) is 10.6. The second-order valence-electron chi connectivity index (χ2n) is 4.98. The Balaban J connectivity index is 1.99. The van der Waals surface area contributed by atoms with Crippen LogP contribution in [0.15, 0.2) is 59.1 Å². The highest BCUT2D eigenvalue weighted by Gasteiger charge is 2.15. The first-order valence-electron chi connectivity index (χ1n) is 6.91. The van der Waals surface area contributed by atoms with E-state index in [0.717, 1.165) is 24.5 Å². The minimum atomic E-state index is -0.187. The Morgan fingerprint density at radius 1 is 1.09 bits per heavy atom. The molecule has 5 heteroatoms. The van der Waals surface area contributed by atoms with Crippen LogP contribution in [0.1, 0.15) is 10.4 Å². The topological polar surface area (TPSA) is 38.3 Å². The summed E-state index contributed by atoms with van der Waals surface area (Å²) in [5.41, 5.74) is 1.29. The number of rotatable bonds is 3. The zero-order valence-electron chi connectivity index (χ0n) is 12.3. The molecule has 0 bridgehead atoms. The van der Waals surface area contributed by atoms with Crippen molar-refractivity contribution >= 4 is 60.9 Å². The lowest BCUT2D eigenvalue weighted by molar-refractivity contribution is 0.102. The number of ether oxygens (including phenoxy) is 1. The number of anilines is 1. The van der Waals surface area contributed by atoms with Gasteiger partial charge in [-0.15, -0.1) is 0 Å². The van der Waals surface area contributed by atoms with Crippen molar-refractivity contribution in [3.05, 3.63) is 68.2 Å². The van der Waals surface area contributed by atoms with Crippen molar-refractivity contribution in [3.8, 4) is 5.75 Å². The number of benzene rings is 3. The first-order chi connectivity index (χ1) is 11.1. The summed E-state index contributed by atoms with van der Waals surface area (Å²) in [6.07, 6.45) is 0. The molecule has 1 amide bonds. The lowest BCUT2D eigenvalue weighted by Crippen LogP contribution is -2.14. The van der Waals surface area contributed by atoms with Crippen molar-refractivity contribution in [2.45, 2.75) is 0 Å². The molecule has 0 saturated heterocycles. The maximum atomic E-state index is 12.7. The van der Waals surface area contributed by atoms with E-state index in [2.05, 4.69) is 43.8 Å². The molecular formula is C18H13BrINO2. The number of nitrogens with one attached hydrogen (secondary N) is 1. The van der Waals surface area contributed by atoms with E-state index in [1.807, 2.05) is 54.6 Å². The zero-order chi connectivity index (χ0) is 16.4. The number of methoxy groups -OCH3 is 1. The van der Waals surface area contributed by atoms with Gasteiger partial charge >= 0.3 is 0 Å². The van der Waals surface area contributed by atoms with E-state index < -0.39 is 0 Å². The predicted molar refractivity (Wildman–Crippen MR) is 105 cm³/mol. The third-order valence-electron chi connectivity index (χ3n) is 3.49. The third kappa shape index (κ3) is 3.50. The lowest BCUT2D eigenvalue weighted by Gasteiger charge is -2.12. The summed E-state index contributed by atoms with van der Waals surface area (Å²) < 4.78 is 7.33. The third-order valence-corrected chi connectivity index (χ3v) is 4.88. The van der Waals surface area contributed by atoms with Crippen LogP contribution in [-0.4, -0.2) is 13.0 Å². The van der Waals surface area contributed by atoms with Gasteiger partial charge in [-0.25, -0.2) is 0 Å². The van der Waals surface area contributed by atoms with Crippen LogP contribution in [0.25, 0.3) is 10.8 Å². The Bertz CT molecular complexity index is 895. The number of hydrogen-bond acceptors (Lipinski definition) is 2. The largest absolute Gasteiger partial charge is 0.496 e. The van der Waals surface area contributed by atoms with Crippen molar-refractivity contribution in [2.75, 3.05) is 12.4 Å². The molecule has 0 fully saturated rings. The fraction of sp³-hybridized carbons (Fsp3) is 0.0556. The maximum Gasteiger partial charge on any atom is 0.259 e. The molecule has 0 aromatic heterocycles. The second kappa shape index (κ2) is 6.88. The Hall–Kier alpha value is -1.60. The summed E-state index contributed by atoms with van der Waals surface area (Å²) >= 11 is 5.61. The predicted octanol–water partition coefficient (Wildman–Crippen LogP) is 5.47. The van der Waals surface area contributed by atoms with Crippen LogP contribution >= 0.6 is 38.5 Å². The molecule has 23 heavy (non-hydrogen) atoms. The quantitative estimate of drug-likeness (QED) is 0.504. The van der Waals surface area contributed by atoms with Gasteiger partial charge in [0.1, 0.15) is 5.75 Å². The molecule has 0 spiro atoms. The average molecular weight is 482 g/mol. The van der Waals surface area contributed by atoms with Crippen molar-refractivity contribution in [1.82, 2.24) is 0 Å². The highest BCUT2D eigenvalue weighted by atomic mass is 127. The summed E-state index contributed by atoms with van der Waals surface area (Å²) in [5, 5.41) is 4.99. The molecule has 0 saturated carbocycles. The summed E-state index contributed by atoms with van der Waals surface area (Å²) in [4.78, 5) is 12.7. The van der Waals surface area contributed by atoms with Crippen molar-refractivity contribution in [3.63, 3.8) is 0 Å². The molecule has 1 N–H and O–H groups in total. The van der Waals surface area contributed by atoms with Gasteiger partial charge in [0, 0.05) is 8.04 Å². The van der Waals surface area contributed by atoms with Crippen LogP contribution in [0.4, 0.5) is 5.69 Å². The highest BCUT2D eigenvalue weighted by Crippen LogP contribution is 2.28. The molecular weight excluding hydrogens is 469 g/mol. The number of halogens is 2. The number of carbonyl (C=O) groups excluding carboxylic acids is 1. The van der Waals surface area contributed by atoms with Gasteiger partial charge in [-0.3, -0.25) is 4.79 Å². The fourth-order valence-corrected chi connectivity index (χ4v) is 3.79.